The summed E-state index contributed by atoms with van der Waals surface area (Å²) < 4.78 is 0.750. The third-order valence-electron chi connectivity index (χ3n) is 2.69. The number of hydrogen-bond donors (Lipinski definition) is 2. The molecule has 2 aromatic rings. The fourth-order valence-corrected chi connectivity index (χ4v) is 2.63. The van der Waals surface area contributed by atoms with Crippen LogP contribution in [0.2, 0.25) is 10.0 Å². The summed E-state index contributed by atoms with van der Waals surface area (Å²) in [6.45, 7) is 0. The lowest BCUT2D eigenvalue weighted by atomic mass is 10.1. The van der Waals surface area contributed by atoms with Crippen LogP contribution in [0, 0.1) is 0 Å². The van der Waals surface area contributed by atoms with Gasteiger partial charge in [0, 0.05) is 20.2 Å². The SMILES string of the molecule is NC(=O)C(Nc1cccc(Cl)c1)c1cc(Cl)ccc1Br. The molecular weight excluding hydrogens is 363 g/mol. The van der Waals surface area contributed by atoms with Gasteiger partial charge in [-0.05, 0) is 42.0 Å². The van der Waals surface area contributed by atoms with Crippen LogP contribution in [0.15, 0.2) is 46.9 Å². The van der Waals surface area contributed by atoms with Crippen molar-refractivity contribution in [3.05, 3.63) is 62.5 Å². The van der Waals surface area contributed by atoms with Crippen molar-refractivity contribution in [1.29, 1.82) is 0 Å². The summed E-state index contributed by atoms with van der Waals surface area (Å²) in [4.78, 5) is 11.7. The predicted octanol–water partition coefficient (Wildman–Crippen LogP) is 4.39. The number of nitrogens with one attached hydrogen (secondary N) is 1. The van der Waals surface area contributed by atoms with Crippen LogP contribution in [-0.4, -0.2) is 5.91 Å². The summed E-state index contributed by atoms with van der Waals surface area (Å²) in [5, 5.41) is 4.16. The predicted molar refractivity (Wildman–Crippen MR) is 86.2 cm³/mol. The van der Waals surface area contributed by atoms with Gasteiger partial charge in [0.25, 0.3) is 0 Å². The van der Waals surface area contributed by atoms with Crippen LogP contribution in [0.25, 0.3) is 0 Å². The Morgan fingerprint density at radius 1 is 1.15 bits per heavy atom. The van der Waals surface area contributed by atoms with Crippen molar-refractivity contribution in [2.24, 2.45) is 5.73 Å². The minimum Gasteiger partial charge on any atom is -0.370 e. The summed E-state index contributed by atoms with van der Waals surface area (Å²) in [6, 6.07) is 11.5. The van der Waals surface area contributed by atoms with E-state index in [1.807, 2.05) is 0 Å². The van der Waals surface area contributed by atoms with E-state index in [0.717, 1.165) is 4.47 Å². The number of hydrogen-bond acceptors (Lipinski definition) is 2. The number of amides is 1. The molecule has 1 amide bonds. The highest BCUT2D eigenvalue weighted by atomic mass is 79.9. The zero-order valence-electron chi connectivity index (χ0n) is 10.2. The molecule has 0 aromatic heterocycles. The fraction of sp³-hybridized carbons (Fsp3) is 0.0714. The van der Waals surface area contributed by atoms with E-state index in [4.69, 9.17) is 28.9 Å². The molecule has 2 rings (SSSR count). The number of primary amides is 1. The van der Waals surface area contributed by atoms with Crippen LogP contribution in [0.1, 0.15) is 11.6 Å². The van der Waals surface area contributed by atoms with E-state index in [1.165, 1.54) is 0 Å². The van der Waals surface area contributed by atoms with Gasteiger partial charge in [-0.2, -0.15) is 0 Å². The highest BCUT2D eigenvalue weighted by Crippen LogP contribution is 2.29. The molecular formula is C14H11BrCl2N2O. The molecule has 6 heteroatoms. The molecule has 0 aliphatic rings. The normalized spacial score (nSPS) is 11.9. The minimum absolute atomic E-state index is 0.507. The fourth-order valence-electron chi connectivity index (χ4n) is 1.78. The van der Waals surface area contributed by atoms with Gasteiger partial charge >= 0.3 is 0 Å². The molecule has 2 aromatic carbocycles. The van der Waals surface area contributed by atoms with Gasteiger partial charge in [-0.25, -0.2) is 0 Å². The Morgan fingerprint density at radius 3 is 2.50 bits per heavy atom. The lowest BCUT2D eigenvalue weighted by Gasteiger charge is -2.19. The molecule has 1 atom stereocenters. The molecule has 3 nitrogen and oxygen atoms in total. The van der Waals surface area contributed by atoms with E-state index in [-0.39, 0.29) is 0 Å². The Hall–Kier alpha value is -1.23. The molecule has 0 saturated carbocycles. The van der Waals surface area contributed by atoms with E-state index in [1.54, 1.807) is 42.5 Å². The maximum atomic E-state index is 11.7. The summed E-state index contributed by atoms with van der Waals surface area (Å²) in [5.74, 6) is -0.507. The zero-order valence-corrected chi connectivity index (χ0v) is 13.3. The van der Waals surface area contributed by atoms with Crippen molar-refractivity contribution >= 4 is 50.7 Å². The summed E-state index contributed by atoms with van der Waals surface area (Å²) in [7, 11) is 0. The average Bonchev–Trinajstić information content (AvgIpc) is 2.39. The topological polar surface area (TPSA) is 55.1 Å². The second-order valence-electron chi connectivity index (χ2n) is 4.16. The van der Waals surface area contributed by atoms with E-state index in [0.29, 0.717) is 21.3 Å². The number of benzene rings is 2. The molecule has 3 N–H and O–H groups in total. The van der Waals surface area contributed by atoms with Crippen molar-refractivity contribution in [3.8, 4) is 0 Å². The van der Waals surface area contributed by atoms with Crippen LogP contribution in [0.4, 0.5) is 5.69 Å². The maximum absolute atomic E-state index is 11.7. The Morgan fingerprint density at radius 2 is 1.85 bits per heavy atom. The van der Waals surface area contributed by atoms with Crippen LogP contribution >= 0.6 is 39.1 Å². The van der Waals surface area contributed by atoms with E-state index < -0.39 is 11.9 Å². The van der Waals surface area contributed by atoms with Crippen LogP contribution in [-0.2, 0) is 4.79 Å². The molecule has 104 valence electrons. The van der Waals surface area contributed by atoms with Gasteiger partial charge in [0.2, 0.25) is 5.91 Å². The Bertz CT molecular complexity index is 649. The number of carbonyl (C=O) groups is 1. The molecule has 0 aliphatic carbocycles. The van der Waals surface area contributed by atoms with Gasteiger partial charge in [-0.15, -0.1) is 0 Å². The first-order valence-electron chi connectivity index (χ1n) is 5.74. The van der Waals surface area contributed by atoms with E-state index in [2.05, 4.69) is 21.2 Å². The van der Waals surface area contributed by atoms with Gasteiger partial charge in [0.1, 0.15) is 6.04 Å². The Balaban J connectivity index is 2.37. The highest BCUT2D eigenvalue weighted by molar-refractivity contribution is 9.10. The van der Waals surface area contributed by atoms with Crippen LogP contribution < -0.4 is 11.1 Å². The monoisotopic (exact) mass is 372 g/mol. The Kier molecular flexibility index (Phi) is 4.91. The van der Waals surface area contributed by atoms with Crippen molar-refractivity contribution in [1.82, 2.24) is 0 Å². The van der Waals surface area contributed by atoms with Gasteiger partial charge in [-0.1, -0.05) is 45.2 Å². The lowest BCUT2D eigenvalue weighted by Crippen LogP contribution is -2.28. The molecule has 0 radical (unpaired) electrons. The standard InChI is InChI=1S/C14H11BrCl2N2O/c15-12-5-4-9(17)7-11(12)13(14(18)20)19-10-3-1-2-8(16)6-10/h1-7,13,19H,(H2,18,20). The minimum atomic E-state index is -0.707. The first-order valence-corrected chi connectivity index (χ1v) is 7.28. The first kappa shape index (κ1) is 15.2. The third-order valence-corrected chi connectivity index (χ3v) is 3.88. The summed E-state index contributed by atoms with van der Waals surface area (Å²) in [6.07, 6.45) is 0. The third kappa shape index (κ3) is 3.66. The highest BCUT2D eigenvalue weighted by Gasteiger charge is 2.20. The van der Waals surface area contributed by atoms with Gasteiger partial charge in [-0.3, -0.25) is 4.79 Å². The lowest BCUT2D eigenvalue weighted by molar-refractivity contribution is -0.118. The zero-order chi connectivity index (χ0) is 14.7. The molecule has 0 bridgehead atoms. The smallest absolute Gasteiger partial charge is 0.244 e. The first-order chi connectivity index (χ1) is 9.47. The average molecular weight is 374 g/mol. The number of halogens is 3. The number of carbonyl (C=O) groups excluding carboxylic acids is 1. The number of nitrogens with two attached hydrogens (primary N) is 1. The van der Waals surface area contributed by atoms with Crippen LogP contribution in [0.5, 0.6) is 0 Å². The van der Waals surface area contributed by atoms with Crippen molar-refractivity contribution in [2.45, 2.75) is 6.04 Å². The van der Waals surface area contributed by atoms with Gasteiger partial charge in [0.05, 0.1) is 0 Å². The molecule has 0 saturated heterocycles. The molecule has 1 unspecified atom stereocenters. The summed E-state index contributed by atoms with van der Waals surface area (Å²) in [5.41, 5.74) is 6.85. The number of anilines is 1. The van der Waals surface area contributed by atoms with Crippen LogP contribution in [0.3, 0.4) is 0 Å². The summed E-state index contributed by atoms with van der Waals surface area (Å²) >= 11 is 15.3. The molecule has 0 heterocycles. The molecule has 0 spiro atoms. The number of rotatable bonds is 4. The second-order valence-corrected chi connectivity index (χ2v) is 5.88. The van der Waals surface area contributed by atoms with Gasteiger partial charge < -0.3 is 11.1 Å². The van der Waals surface area contributed by atoms with E-state index >= 15 is 0 Å². The maximum Gasteiger partial charge on any atom is 0.244 e. The van der Waals surface area contributed by atoms with Gasteiger partial charge in [0.15, 0.2) is 0 Å². The Labute approximate surface area is 135 Å². The molecule has 20 heavy (non-hydrogen) atoms. The molecule has 0 aliphatic heterocycles. The van der Waals surface area contributed by atoms with Crippen molar-refractivity contribution in [2.75, 3.05) is 5.32 Å². The quantitative estimate of drug-likeness (QED) is 0.834. The van der Waals surface area contributed by atoms with Crippen molar-refractivity contribution < 1.29 is 4.79 Å². The van der Waals surface area contributed by atoms with Crippen molar-refractivity contribution in [3.63, 3.8) is 0 Å². The van der Waals surface area contributed by atoms with E-state index in [9.17, 15) is 4.79 Å². The largest absolute Gasteiger partial charge is 0.370 e. The molecule has 0 fully saturated rings. The second kappa shape index (κ2) is 6.48.